The van der Waals surface area contributed by atoms with Crippen LogP contribution in [0, 0.1) is 0 Å². The lowest BCUT2D eigenvalue weighted by Gasteiger charge is -2.01. The summed E-state index contributed by atoms with van der Waals surface area (Å²) in [7, 11) is 1.89. The smallest absolute Gasteiger partial charge is 0.291 e. The number of Topliss-reactive ketones (excluding diaryl/α,β-unsaturated/α-hetero) is 1. The van der Waals surface area contributed by atoms with Crippen LogP contribution in [0.15, 0.2) is 60.8 Å². The first kappa shape index (κ1) is 15.3. The van der Waals surface area contributed by atoms with Gasteiger partial charge in [-0.25, -0.2) is 9.13 Å². The number of halogens is 1. The molecule has 2 N–H and O–H groups in total. The van der Waals surface area contributed by atoms with Crippen LogP contribution >= 0.6 is 11.6 Å². The molecule has 0 radical (unpaired) electrons. The lowest BCUT2D eigenvalue weighted by Crippen LogP contribution is -2.39. The second-order valence-electron chi connectivity index (χ2n) is 5.36. The highest BCUT2D eigenvalue weighted by molar-refractivity contribution is 6.30. The fourth-order valence-corrected chi connectivity index (χ4v) is 2.72. The van der Waals surface area contributed by atoms with Crippen molar-refractivity contribution in [1.29, 1.82) is 0 Å². The fraction of sp³-hybridized carbons (Fsp3) is 0.111. The van der Waals surface area contributed by atoms with E-state index in [9.17, 15) is 4.79 Å². The average molecular weight is 327 g/mol. The third-order valence-corrected chi connectivity index (χ3v) is 4.04. The van der Waals surface area contributed by atoms with Gasteiger partial charge < -0.3 is 0 Å². The Balaban J connectivity index is 1.91. The van der Waals surface area contributed by atoms with Crippen molar-refractivity contribution in [3.05, 3.63) is 71.4 Å². The molecular weight excluding hydrogens is 310 g/mol. The van der Waals surface area contributed by atoms with E-state index in [-0.39, 0.29) is 12.3 Å². The van der Waals surface area contributed by atoms with Gasteiger partial charge in [-0.1, -0.05) is 54.1 Å². The highest BCUT2D eigenvalue weighted by Crippen LogP contribution is 2.19. The predicted molar refractivity (Wildman–Crippen MR) is 91.2 cm³/mol. The van der Waals surface area contributed by atoms with Gasteiger partial charge in [0.25, 0.3) is 0 Å². The first-order valence-corrected chi connectivity index (χ1v) is 7.63. The van der Waals surface area contributed by atoms with Crippen molar-refractivity contribution in [2.75, 3.05) is 5.73 Å². The van der Waals surface area contributed by atoms with Crippen molar-refractivity contribution < 1.29 is 9.36 Å². The Bertz CT molecular complexity index is 856. The molecule has 0 aliphatic rings. The molecule has 1 heterocycles. The monoisotopic (exact) mass is 326 g/mol. The van der Waals surface area contributed by atoms with Gasteiger partial charge in [0.1, 0.15) is 18.4 Å². The van der Waals surface area contributed by atoms with Gasteiger partial charge in [-0.15, -0.1) is 0 Å². The number of hydrogen-bond acceptors (Lipinski definition) is 2. The summed E-state index contributed by atoms with van der Waals surface area (Å²) >= 11 is 5.94. The molecule has 0 saturated carbocycles. The topological polar surface area (TPSA) is 51.9 Å². The first-order chi connectivity index (χ1) is 11.1. The van der Waals surface area contributed by atoms with E-state index in [1.54, 1.807) is 28.8 Å². The molecule has 0 bridgehead atoms. The molecule has 2 aromatic carbocycles. The normalized spacial score (nSPS) is 10.7. The number of carbonyl (C=O) groups excluding carboxylic acids is 1. The fourth-order valence-electron chi connectivity index (χ4n) is 2.53. The van der Waals surface area contributed by atoms with Crippen molar-refractivity contribution in [1.82, 2.24) is 4.57 Å². The molecule has 0 fully saturated rings. The summed E-state index contributed by atoms with van der Waals surface area (Å²) in [6.07, 6.45) is 1.90. The van der Waals surface area contributed by atoms with Crippen LogP contribution in [-0.4, -0.2) is 10.4 Å². The summed E-state index contributed by atoms with van der Waals surface area (Å²) in [4.78, 5) is 12.4. The Morgan fingerprint density at radius 3 is 2.61 bits per heavy atom. The molecule has 1 aromatic heterocycles. The van der Waals surface area contributed by atoms with Gasteiger partial charge in [-0.3, -0.25) is 10.5 Å². The van der Waals surface area contributed by atoms with Crippen LogP contribution < -0.4 is 10.3 Å². The molecule has 0 aliphatic heterocycles. The molecule has 0 unspecified atom stereocenters. The molecule has 23 heavy (non-hydrogen) atoms. The largest absolute Gasteiger partial charge is 0.355 e. The molecule has 116 valence electrons. The van der Waals surface area contributed by atoms with Crippen molar-refractivity contribution in [2.45, 2.75) is 6.54 Å². The van der Waals surface area contributed by atoms with E-state index in [0.29, 0.717) is 16.5 Å². The summed E-state index contributed by atoms with van der Waals surface area (Å²) in [5.74, 6) is 0.494. The van der Waals surface area contributed by atoms with Gasteiger partial charge in [0, 0.05) is 16.1 Å². The third-order valence-electron chi connectivity index (χ3n) is 3.81. The number of imidazole rings is 1. The first-order valence-electron chi connectivity index (χ1n) is 7.25. The van der Waals surface area contributed by atoms with Crippen LogP contribution in [-0.2, 0) is 13.6 Å². The lowest BCUT2D eigenvalue weighted by molar-refractivity contribution is -0.667. The molecule has 3 aromatic rings. The summed E-state index contributed by atoms with van der Waals surface area (Å²) in [6, 6.07) is 16.9. The molecule has 0 spiro atoms. The minimum absolute atomic E-state index is 0.0330. The molecule has 0 amide bonds. The van der Waals surface area contributed by atoms with Gasteiger partial charge in [-0.2, -0.15) is 0 Å². The second-order valence-corrected chi connectivity index (χ2v) is 5.80. The third kappa shape index (κ3) is 3.12. The predicted octanol–water partition coefficient (Wildman–Crippen LogP) is 3.10. The van der Waals surface area contributed by atoms with Crippen molar-refractivity contribution in [3.63, 3.8) is 0 Å². The highest BCUT2D eigenvalue weighted by Gasteiger charge is 2.20. The van der Waals surface area contributed by atoms with Gasteiger partial charge in [0.05, 0.1) is 7.05 Å². The number of hydrogen-bond donors (Lipinski definition) is 1. The van der Waals surface area contributed by atoms with E-state index in [1.807, 2.05) is 48.1 Å². The summed E-state index contributed by atoms with van der Waals surface area (Å²) in [6.45, 7) is 0.173. The van der Waals surface area contributed by atoms with Gasteiger partial charge in [-0.05, 0) is 12.1 Å². The summed E-state index contributed by atoms with van der Waals surface area (Å²) < 4.78 is 3.63. The van der Waals surface area contributed by atoms with Crippen LogP contribution in [0.2, 0.25) is 5.02 Å². The Labute approximate surface area is 139 Å². The molecule has 3 rings (SSSR count). The van der Waals surface area contributed by atoms with Crippen molar-refractivity contribution in [3.8, 4) is 11.3 Å². The number of carbonyl (C=O) groups is 1. The van der Waals surface area contributed by atoms with Crippen LogP contribution in [0.5, 0.6) is 0 Å². The van der Waals surface area contributed by atoms with Crippen LogP contribution in [0.4, 0.5) is 5.95 Å². The lowest BCUT2D eigenvalue weighted by atomic mass is 10.1. The highest BCUT2D eigenvalue weighted by atomic mass is 35.5. The van der Waals surface area contributed by atoms with Crippen LogP contribution in [0.3, 0.4) is 0 Å². The SMILES string of the molecule is Cn1c(-c2ccccc2)c[n+](CC(=O)c2cccc(Cl)c2)c1N. The number of rotatable bonds is 4. The number of aromatic nitrogens is 2. The molecule has 5 heteroatoms. The Morgan fingerprint density at radius 2 is 1.91 bits per heavy atom. The molecule has 0 saturated heterocycles. The van der Waals surface area contributed by atoms with Crippen LogP contribution in [0.25, 0.3) is 11.3 Å². The average Bonchev–Trinajstić information content (AvgIpc) is 2.84. The minimum atomic E-state index is -0.0330. The van der Waals surface area contributed by atoms with Gasteiger partial charge in [0.15, 0.2) is 5.78 Å². The van der Waals surface area contributed by atoms with Crippen molar-refractivity contribution >= 4 is 23.3 Å². The second kappa shape index (κ2) is 6.26. The maximum Gasteiger partial charge on any atom is 0.355 e. The number of ketones is 1. The number of nitrogen functional groups attached to an aromatic ring is 1. The molecular formula is C18H17ClN3O+. The summed E-state index contributed by atoms with van der Waals surface area (Å²) in [5, 5.41) is 0.548. The molecule has 0 aliphatic carbocycles. The van der Waals surface area contributed by atoms with E-state index in [2.05, 4.69) is 0 Å². The number of nitrogens with two attached hydrogens (primary N) is 1. The van der Waals surface area contributed by atoms with E-state index in [1.165, 1.54) is 0 Å². The van der Waals surface area contributed by atoms with E-state index < -0.39 is 0 Å². The zero-order valence-corrected chi connectivity index (χ0v) is 13.5. The summed E-state index contributed by atoms with van der Waals surface area (Å²) in [5.41, 5.74) is 8.73. The van der Waals surface area contributed by atoms with Gasteiger partial charge in [0.2, 0.25) is 0 Å². The Morgan fingerprint density at radius 1 is 1.17 bits per heavy atom. The minimum Gasteiger partial charge on any atom is -0.291 e. The van der Waals surface area contributed by atoms with E-state index in [4.69, 9.17) is 17.3 Å². The quantitative estimate of drug-likeness (QED) is 0.591. The number of nitrogens with zero attached hydrogens (tertiary/aromatic N) is 2. The standard InChI is InChI=1S/C18H16ClN3O/c1-21-16(13-6-3-2-4-7-13)11-22(18(21)20)12-17(23)14-8-5-9-15(19)10-14/h2-11,20H,12H2,1H3/p+1. The number of anilines is 1. The molecule has 0 atom stereocenters. The zero-order chi connectivity index (χ0) is 16.4. The maximum atomic E-state index is 12.4. The van der Waals surface area contributed by atoms with E-state index in [0.717, 1.165) is 11.3 Å². The molecule has 4 nitrogen and oxygen atoms in total. The van der Waals surface area contributed by atoms with Crippen LogP contribution in [0.1, 0.15) is 10.4 Å². The maximum absolute atomic E-state index is 12.4. The Hall–Kier alpha value is -2.59. The number of benzene rings is 2. The van der Waals surface area contributed by atoms with Gasteiger partial charge >= 0.3 is 5.95 Å². The zero-order valence-electron chi connectivity index (χ0n) is 12.7. The van der Waals surface area contributed by atoms with Crippen molar-refractivity contribution in [2.24, 2.45) is 7.05 Å². The van der Waals surface area contributed by atoms with E-state index >= 15 is 0 Å². The Kier molecular flexibility index (Phi) is 4.17.